The maximum absolute atomic E-state index is 11.9. The molecule has 1 heterocycles. The van der Waals surface area contributed by atoms with Gasteiger partial charge in [-0.1, -0.05) is 0 Å². The Kier molecular flexibility index (Phi) is 5.69. The zero-order valence-electron chi connectivity index (χ0n) is 13.6. The van der Waals surface area contributed by atoms with Crippen molar-refractivity contribution < 1.29 is 4.79 Å². The van der Waals surface area contributed by atoms with Gasteiger partial charge in [-0.05, 0) is 20.8 Å². The summed E-state index contributed by atoms with van der Waals surface area (Å²) in [6.07, 6.45) is 1.50. The lowest BCUT2D eigenvalue weighted by molar-refractivity contribution is -0.122. The Morgan fingerprint density at radius 2 is 2.14 bits per heavy atom. The predicted octanol–water partition coefficient (Wildman–Crippen LogP) is -0.263. The first-order valence-electron chi connectivity index (χ1n) is 6.78. The van der Waals surface area contributed by atoms with Crippen LogP contribution in [0.4, 0.5) is 0 Å². The second-order valence-corrected chi connectivity index (χ2v) is 5.85. The number of hydrogen-bond acceptors (Lipinski definition) is 4. The first kappa shape index (κ1) is 16.9. The molecule has 21 heavy (non-hydrogen) atoms. The highest BCUT2D eigenvalue weighted by Crippen LogP contribution is 1.98. The van der Waals surface area contributed by atoms with Crippen LogP contribution >= 0.6 is 0 Å². The summed E-state index contributed by atoms with van der Waals surface area (Å²) in [6.45, 7) is 6.58. The van der Waals surface area contributed by atoms with Crippen molar-refractivity contribution in [2.45, 2.75) is 32.9 Å². The molecule has 0 saturated heterocycles. The van der Waals surface area contributed by atoms with Crippen molar-refractivity contribution in [2.75, 3.05) is 20.6 Å². The van der Waals surface area contributed by atoms with Gasteiger partial charge in [-0.3, -0.25) is 14.5 Å². The van der Waals surface area contributed by atoms with E-state index in [2.05, 4.69) is 25.7 Å². The summed E-state index contributed by atoms with van der Waals surface area (Å²) >= 11 is 0. The van der Waals surface area contributed by atoms with Crippen molar-refractivity contribution in [1.82, 2.24) is 30.3 Å². The van der Waals surface area contributed by atoms with Gasteiger partial charge in [-0.2, -0.15) is 5.10 Å². The monoisotopic (exact) mass is 295 g/mol. The van der Waals surface area contributed by atoms with Crippen molar-refractivity contribution in [3.8, 4) is 0 Å². The van der Waals surface area contributed by atoms with Gasteiger partial charge in [0.05, 0.1) is 13.1 Å². The van der Waals surface area contributed by atoms with Crippen LogP contribution in [-0.2, 0) is 18.4 Å². The third-order valence-electron chi connectivity index (χ3n) is 2.68. The average molecular weight is 295 g/mol. The van der Waals surface area contributed by atoms with Crippen LogP contribution in [0, 0.1) is 0 Å². The van der Waals surface area contributed by atoms with Gasteiger partial charge in [0.25, 0.3) is 0 Å². The first-order chi connectivity index (χ1) is 9.73. The standard InChI is InChI=1S/C13H25N7O/c1-13(2,3)18-11(21)8-19(5)12(14-4)15-7-10-16-9-17-20(10)6/h9H,7-8H2,1-6H3,(H,14,15)(H,18,21). The van der Waals surface area contributed by atoms with Gasteiger partial charge in [0, 0.05) is 26.7 Å². The zero-order valence-corrected chi connectivity index (χ0v) is 13.6. The molecule has 1 aromatic rings. The number of aromatic nitrogens is 3. The molecule has 0 radical (unpaired) electrons. The molecule has 0 aromatic carbocycles. The number of carbonyl (C=O) groups is 1. The first-order valence-corrected chi connectivity index (χ1v) is 6.78. The summed E-state index contributed by atoms with van der Waals surface area (Å²) in [5, 5.41) is 10.1. The SMILES string of the molecule is CN=C(NCc1ncnn1C)N(C)CC(=O)NC(C)(C)C. The summed E-state index contributed by atoms with van der Waals surface area (Å²) in [5.74, 6) is 1.37. The fraction of sp³-hybridized carbons (Fsp3) is 0.692. The lowest BCUT2D eigenvalue weighted by Gasteiger charge is -2.25. The molecule has 0 aliphatic rings. The molecule has 8 nitrogen and oxygen atoms in total. The van der Waals surface area contributed by atoms with E-state index in [0.717, 1.165) is 5.82 Å². The Bertz CT molecular complexity index is 501. The van der Waals surface area contributed by atoms with Crippen molar-refractivity contribution >= 4 is 11.9 Å². The van der Waals surface area contributed by atoms with Gasteiger partial charge in [-0.25, -0.2) is 4.98 Å². The topological polar surface area (TPSA) is 87.4 Å². The van der Waals surface area contributed by atoms with Gasteiger partial charge in [-0.15, -0.1) is 0 Å². The number of aliphatic imine (C=N–C) groups is 1. The van der Waals surface area contributed by atoms with Gasteiger partial charge >= 0.3 is 0 Å². The molecule has 1 rings (SSSR count). The molecule has 1 amide bonds. The molecule has 0 spiro atoms. The van der Waals surface area contributed by atoms with Crippen LogP contribution in [0.15, 0.2) is 11.3 Å². The second-order valence-electron chi connectivity index (χ2n) is 5.85. The van der Waals surface area contributed by atoms with Crippen LogP contribution in [-0.4, -0.2) is 57.7 Å². The van der Waals surface area contributed by atoms with E-state index >= 15 is 0 Å². The second kappa shape index (κ2) is 7.05. The minimum absolute atomic E-state index is 0.0494. The number of likely N-dealkylation sites (N-methyl/N-ethyl adjacent to an activating group) is 1. The largest absolute Gasteiger partial charge is 0.350 e. The van der Waals surface area contributed by atoms with Crippen LogP contribution < -0.4 is 10.6 Å². The van der Waals surface area contributed by atoms with Crippen molar-refractivity contribution in [3.63, 3.8) is 0 Å². The molecule has 8 heteroatoms. The number of nitrogens with zero attached hydrogens (tertiary/aromatic N) is 5. The normalized spacial score (nSPS) is 12.2. The quantitative estimate of drug-likeness (QED) is 0.590. The summed E-state index contributed by atoms with van der Waals surface area (Å²) in [7, 11) is 5.32. The lowest BCUT2D eigenvalue weighted by atomic mass is 10.1. The molecule has 2 N–H and O–H groups in total. The van der Waals surface area contributed by atoms with Crippen LogP contribution in [0.5, 0.6) is 0 Å². The van der Waals surface area contributed by atoms with E-state index in [1.807, 2.05) is 34.9 Å². The van der Waals surface area contributed by atoms with Crippen molar-refractivity contribution in [1.29, 1.82) is 0 Å². The van der Waals surface area contributed by atoms with Gasteiger partial charge in [0.1, 0.15) is 12.2 Å². The fourth-order valence-electron chi connectivity index (χ4n) is 1.77. The number of carbonyl (C=O) groups excluding carboxylic acids is 1. The Morgan fingerprint density at radius 1 is 1.48 bits per heavy atom. The Balaban J connectivity index is 2.52. The highest BCUT2D eigenvalue weighted by Gasteiger charge is 2.16. The summed E-state index contributed by atoms with van der Waals surface area (Å²) in [6, 6.07) is 0. The molecule has 0 atom stereocenters. The molecule has 0 unspecified atom stereocenters. The minimum atomic E-state index is -0.243. The summed E-state index contributed by atoms with van der Waals surface area (Å²) < 4.78 is 1.69. The Labute approximate surface area is 125 Å². The van der Waals surface area contributed by atoms with E-state index in [1.165, 1.54) is 6.33 Å². The summed E-state index contributed by atoms with van der Waals surface area (Å²) in [5.41, 5.74) is -0.243. The van der Waals surface area contributed by atoms with E-state index in [0.29, 0.717) is 12.5 Å². The Hall–Kier alpha value is -2.12. The molecule has 0 bridgehead atoms. The molecule has 0 aliphatic heterocycles. The van der Waals surface area contributed by atoms with Crippen LogP contribution in [0.25, 0.3) is 0 Å². The van der Waals surface area contributed by atoms with Crippen LogP contribution in [0.2, 0.25) is 0 Å². The van der Waals surface area contributed by atoms with Gasteiger partial charge in [0.15, 0.2) is 5.96 Å². The molecule has 0 aliphatic carbocycles. The van der Waals surface area contributed by atoms with Gasteiger partial charge in [0.2, 0.25) is 5.91 Å². The van der Waals surface area contributed by atoms with Gasteiger partial charge < -0.3 is 15.5 Å². The zero-order chi connectivity index (χ0) is 16.0. The molecular weight excluding hydrogens is 270 g/mol. The predicted molar refractivity (Wildman–Crippen MR) is 81.7 cm³/mol. The Morgan fingerprint density at radius 3 is 2.62 bits per heavy atom. The lowest BCUT2D eigenvalue weighted by Crippen LogP contribution is -2.48. The van der Waals surface area contributed by atoms with E-state index in [1.54, 1.807) is 16.6 Å². The fourth-order valence-corrected chi connectivity index (χ4v) is 1.77. The van der Waals surface area contributed by atoms with E-state index in [-0.39, 0.29) is 18.0 Å². The maximum atomic E-state index is 11.9. The van der Waals surface area contributed by atoms with Crippen LogP contribution in [0.1, 0.15) is 26.6 Å². The average Bonchev–Trinajstić information content (AvgIpc) is 2.73. The van der Waals surface area contributed by atoms with Crippen LogP contribution in [0.3, 0.4) is 0 Å². The summed E-state index contributed by atoms with van der Waals surface area (Å²) in [4.78, 5) is 22.0. The molecule has 1 aromatic heterocycles. The van der Waals surface area contributed by atoms with E-state index in [4.69, 9.17) is 0 Å². The number of amides is 1. The highest BCUT2D eigenvalue weighted by atomic mass is 16.2. The van der Waals surface area contributed by atoms with E-state index in [9.17, 15) is 4.79 Å². The highest BCUT2D eigenvalue weighted by molar-refractivity contribution is 5.86. The number of aryl methyl sites for hydroxylation is 1. The smallest absolute Gasteiger partial charge is 0.240 e. The maximum Gasteiger partial charge on any atom is 0.240 e. The number of guanidine groups is 1. The number of nitrogens with one attached hydrogen (secondary N) is 2. The third-order valence-corrected chi connectivity index (χ3v) is 2.68. The minimum Gasteiger partial charge on any atom is -0.350 e. The van der Waals surface area contributed by atoms with Crippen molar-refractivity contribution in [3.05, 3.63) is 12.2 Å². The van der Waals surface area contributed by atoms with E-state index < -0.39 is 0 Å². The molecule has 0 fully saturated rings. The number of hydrogen-bond donors (Lipinski definition) is 2. The number of rotatable bonds is 4. The third kappa shape index (κ3) is 5.80. The molecule has 0 saturated carbocycles. The molecule has 118 valence electrons. The molecular formula is C13H25N7O. The van der Waals surface area contributed by atoms with Crippen molar-refractivity contribution in [2.24, 2.45) is 12.0 Å².